The van der Waals surface area contributed by atoms with Crippen LogP contribution >= 0.6 is 0 Å². The van der Waals surface area contributed by atoms with E-state index in [2.05, 4.69) is 15.0 Å². The molecule has 2 aromatic rings. The maximum Gasteiger partial charge on any atom is 0.351 e. The van der Waals surface area contributed by atoms with Gasteiger partial charge in [0.2, 0.25) is 0 Å². The lowest BCUT2D eigenvalue weighted by Crippen LogP contribution is -2.14. The predicted octanol–water partition coefficient (Wildman–Crippen LogP) is 0.858. The Morgan fingerprint density at radius 2 is 1.74 bits per heavy atom. The Kier molecular flexibility index (Phi) is 3.65. The van der Waals surface area contributed by atoms with Crippen LogP contribution in [-0.4, -0.2) is 36.3 Å². The molecular formula is C12H13N3O4. The van der Waals surface area contributed by atoms with E-state index in [-0.39, 0.29) is 6.01 Å². The lowest BCUT2D eigenvalue weighted by Gasteiger charge is -2.09. The highest BCUT2D eigenvalue weighted by Gasteiger charge is 2.09. The van der Waals surface area contributed by atoms with Crippen molar-refractivity contribution in [2.75, 3.05) is 21.3 Å². The molecule has 0 bridgehead atoms. The summed E-state index contributed by atoms with van der Waals surface area (Å²) in [6.07, 6.45) is 0. The summed E-state index contributed by atoms with van der Waals surface area (Å²) < 4.78 is 15.2. The van der Waals surface area contributed by atoms with Gasteiger partial charge in [-0.1, -0.05) is 0 Å². The summed E-state index contributed by atoms with van der Waals surface area (Å²) in [5.41, 5.74) is 0.132. The van der Waals surface area contributed by atoms with Crippen LogP contribution in [0, 0.1) is 0 Å². The maximum absolute atomic E-state index is 11.4. The van der Waals surface area contributed by atoms with Crippen LogP contribution in [0.15, 0.2) is 23.0 Å². The molecule has 0 saturated heterocycles. The molecule has 1 N–H and O–H groups in total. The number of H-pyrrole nitrogens is 1. The van der Waals surface area contributed by atoms with Gasteiger partial charge in [0.15, 0.2) is 11.5 Å². The van der Waals surface area contributed by atoms with Crippen molar-refractivity contribution in [3.05, 3.63) is 28.7 Å². The molecular weight excluding hydrogens is 250 g/mol. The van der Waals surface area contributed by atoms with E-state index >= 15 is 0 Å². The van der Waals surface area contributed by atoms with Gasteiger partial charge in [-0.3, -0.25) is 4.98 Å². The summed E-state index contributed by atoms with van der Waals surface area (Å²) in [4.78, 5) is 21.5. The summed E-state index contributed by atoms with van der Waals surface area (Å²) in [5.74, 6) is 1.48. The van der Waals surface area contributed by atoms with Crippen LogP contribution in [0.1, 0.15) is 0 Å². The molecule has 0 saturated carbocycles. The maximum atomic E-state index is 11.4. The predicted molar refractivity (Wildman–Crippen MR) is 67.7 cm³/mol. The molecule has 0 aliphatic rings. The van der Waals surface area contributed by atoms with Gasteiger partial charge in [0.25, 0.3) is 0 Å². The molecule has 0 aliphatic carbocycles. The molecule has 1 aromatic carbocycles. The Balaban J connectivity index is 2.52. The fraction of sp³-hybridized carbons (Fsp3) is 0.250. The molecule has 0 spiro atoms. The number of nitrogens with zero attached hydrogens (tertiary/aromatic N) is 2. The summed E-state index contributed by atoms with van der Waals surface area (Å²) in [6, 6.07) is 5.19. The van der Waals surface area contributed by atoms with Gasteiger partial charge < -0.3 is 14.2 Å². The zero-order chi connectivity index (χ0) is 13.8. The van der Waals surface area contributed by atoms with Gasteiger partial charge in [0, 0.05) is 5.56 Å². The second kappa shape index (κ2) is 5.38. The minimum atomic E-state index is -0.531. The van der Waals surface area contributed by atoms with Crippen LogP contribution in [0.4, 0.5) is 0 Å². The monoisotopic (exact) mass is 263 g/mol. The van der Waals surface area contributed by atoms with Crippen molar-refractivity contribution in [1.29, 1.82) is 0 Å². The van der Waals surface area contributed by atoms with E-state index in [1.54, 1.807) is 25.3 Å². The molecule has 0 aliphatic heterocycles. The molecule has 100 valence electrons. The van der Waals surface area contributed by atoms with E-state index in [9.17, 15) is 4.79 Å². The molecule has 1 heterocycles. The first kappa shape index (κ1) is 12.9. The second-order valence-corrected chi connectivity index (χ2v) is 3.56. The molecule has 7 nitrogen and oxygen atoms in total. The van der Waals surface area contributed by atoms with Gasteiger partial charge in [-0.15, -0.1) is 4.98 Å². The standard InChI is InChI=1S/C12H13N3O4/c1-17-8-5-4-7(6-9(8)18-2)10-13-11(16)15-12(14-10)19-3/h4-6H,1-3H3,(H,13,14,15,16). The molecule has 0 radical (unpaired) electrons. The van der Waals surface area contributed by atoms with Gasteiger partial charge >= 0.3 is 11.7 Å². The first-order valence-corrected chi connectivity index (χ1v) is 5.42. The minimum Gasteiger partial charge on any atom is -0.493 e. The van der Waals surface area contributed by atoms with Gasteiger partial charge in [-0.2, -0.15) is 4.98 Å². The first-order valence-electron chi connectivity index (χ1n) is 5.42. The fourth-order valence-corrected chi connectivity index (χ4v) is 1.58. The third kappa shape index (κ3) is 2.65. The number of nitrogens with one attached hydrogen (secondary N) is 1. The van der Waals surface area contributed by atoms with E-state index in [0.29, 0.717) is 22.9 Å². The van der Waals surface area contributed by atoms with Crippen LogP contribution in [-0.2, 0) is 0 Å². The number of aromatic amines is 1. The average Bonchev–Trinajstić information content (AvgIpc) is 2.45. The number of methoxy groups -OCH3 is 3. The summed E-state index contributed by atoms with van der Waals surface area (Å²) >= 11 is 0. The molecule has 0 fully saturated rings. The average molecular weight is 263 g/mol. The van der Waals surface area contributed by atoms with Crippen molar-refractivity contribution in [2.45, 2.75) is 0 Å². The second-order valence-electron chi connectivity index (χ2n) is 3.56. The Labute approximate surface area is 109 Å². The van der Waals surface area contributed by atoms with Crippen molar-refractivity contribution in [2.24, 2.45) is 0 Å². The van der Waals surface area contributed by atoms with E-state index < -0.39 is 5.69 Å². The van der Waals surface area contributed by atoms with Crippen molar-refractivity contribution < 1.29 is 14.2 Å². The van der Waals surface area contributed by atoms with Gasteiger partial charge in [-0.05, 0) is 18.2 Å². The third-order valence-electron chi connectivity index (χ3n) is 2.47. The van der Waals surface area contributed by atoms with Crippen LogP contribution in [0.5, 0.6) is 17.5 Å². The van der Waals surface area contributed by atoms with Gasteiger partial charge in [0.05, 0.1) is 21.3 Å². The lowest BCUT2D eigenvalue weighted by atomic mass is 10.2. The van der Waals surface area contributed by atoms with E-state index in [0.717, 1.165) is 0 Å². The Morgan fingerprint density at radius 3 is 2.37 bits per heavy atom. The van der Waals surface area contributed by atoms with Gasteiger partial charge in [-0.25, -0.2) is 4.79 Å². The zero-order valence-corrected chi connectivity index (χ0v) is 10.8. The highest BCUT2D eigenvalue weighted by molar-refractivity contribution is 5.61. The minimum absolute atomic E-state index is 0.00790. The molecule has 0 amide bonds. The molecule has 0 unspecified atom stereocenters. The Morgan fingerprint density at radius 1 is 1.00 bits per heavy atom. The highest BCUT2D eigenvalue weighted by Crippen LogP contribution is 2.30. The summed E-state index contributed by atoms with van der Waals surface area (Å²) in [6.45, 7) is 0. The number of benzene rings is 1. The summed E-state index contributed by atoms with van der Waals surface area (Å²) in [7, 11) is 4.48. The summed E-state index contributed by atoms with van der Waals surface area (Å²) in [5, 5.41) is 0. The molecule has 2 rings (SSSR count). The number of hydrogen-bond acceptors (Lipinski definition) is 6. The highest BCUT2D eigenvalue weighted by atomic mass is 16.5. The molecule has 7 heteroatoms. The van der Waals surface area contributed by atoms with Crippen molar-refractivity contribution >= 4 is 0 Å². The van der Waals surface area contributed by atoms with Crippen LogP contribution in [0.3, 0.4) is 0 Å². The van der Waals surface area contributed by atoms with Crippen molar-refractivity contribution in [3.63, 3.8) is 0 Å². The Hall–Kier alpha value is -2.57. The zero-order valence-electron chi connectivity index (χ0n) is 10.8. The van der Waals surface area contributed by atoms with E-state index in [1.807, 2.05) is 0 Å². The third-order valence-corrected chi connectivity index (χ3v) is 2.47. The molecule has 19 heavy (non-hydrogen) atoms. The van der Waals surface area contributed by atoms with Crippen LogP contribution in [0.25, 0.3) is 11.4 Å². The van der Waals surface area contributed by atoms with E-state index in [4.69, 9.17) is 14.2 Å². The van der Waals surface area contributed by atoms with Crippen LogP contribution < -0.4 is 19.9 Å². The lowest BCUT2D eigenvalue weighted by molar-refractivity contribution is 0.355. The SMILES string of the molecule is COc1nc(-c2ccc(OC)c(OC)c2)[nH]c(=O)n1. The number of hydrogen-bond donors (Lipinski definition) is 1. The number of rotatable bonds is 4. The largest absolute Gasteiger partial charge is 0.493 e. The number of aromatic nitrogens is 3. The topological polar surface area (TPSA) is 86.3 Å². The normalized spacial score (nSPS) is 10.1. The van der Waals surface area contributed by atoms with Crippen molar-refractivity contribution in [3.8, 4) is 28.9 Å². The Bertz CT molecular complexity index is 639. The fourth-order valence-electron chi connectivity index (χ4n) is 1.58. The first-order chi connectivity index (χ1) is 9.17. The molecule has 1 aromatic heterocycles. The van der Waals surface area contributed by atoms with E-state index in [1.165, 1.54) is 14.2 Å². The molecule has 0 atom stereocenters. The van der Waals surface area contributed by atoms with Gasteiger partial charge in [0.1, 0.15) is 5.82 Å². The van der Waals surface area contributed by atoms with Crippen LogP contribution in [0.2, 0.25) is 0 Å². The quantitative estimate of drug-likeness (QED) is 0.880. The smallest absolute Gasteiger partial charge is 0.351 e. The van der Waals surface area contributed by atoms with Crippen molar-refractivity contribution in [1.82, 2.24) is 15.0 Å². The number of ether oxygens (including phenoxy) is 3.